The molecule has 0 bridgehead atoms. The largest absolute Gasteiger partial charge is 0.507 e. The number of rotatable bonds is 7. The molecule has 2 aliphatic heterocycles. The van der Waals surface area contributed by atoms with E-state index >= 15 is 0 Å². The zero-order valence-corrected chi connectivity index (χ0v) is 17.3. The number of hydrogen-bond acceptors (Lipinski definition) is 6. The number of phenolic OH excluding ortho intramolecular Hbond substituents is 1. The Kier molecular flexibility index (Phi) is 6.53. The fourth-order valence-corrected chi connectivity index (χ4v) is 5.13. The second-order valence-electron chi connectivity index (χ2n) is 8.47. The highest BCUT2D eigenvalue weighted by atomic mass is 16.5. The molecular formula is C23H32N2O4. The third kappa shape index (κ3) is 4.65. The molecule has 1 aromatic carbocycles. The van der Waals surface area contributed by atoms with E-state index in [0.29, 0.717) is 36.3 Å². The molecule has 1 aromatic heterocycles. The average Bonchev–Trinajstić information content (AvgIpc) is 2.74. The van der Waals surface area contributed by atoms with Crippen LogP contribution < -0.4 is 5.63 Å². The van der Waals surface area contributed by atoms with E-state index in [2.05, 4.69) is 9.80 Å². The molecule has 0 aliphatic carbocycles. The molecule has 0 amide bonds. The maximum atomic E-state index is 11.8. The maximum absolute atomic E-state index is 11.8. The summed E-state index contributed by atoms with van der Waals surface area (Å²) in [5.74, 6) is 0.808. The van der Waals surface area contributed by atoms with E-state index in [4.69, 9.17) is 9.15 Å². The normalized spacial score (nSPS) is 22.8. The van der Waals surface area contributed by atoms with Gasteiger partial charge in [0.1, 0.15) is 11.3 Å². The lowest BCUT2D eigenvalue weighted by atomic mass is 9.83. The summed E-state index contributed by atoms with van der Waals surface area (Å²) in [4.78, 5) is 16.8. The minimum atomic E-state index is -0.391. The minimum Gasteiger partial charge on any atom is -0.507 e. The predicted octanol–water partition coefficient (Wildman–Crippen LogP) is 3.21. The van der Waals surface area contributed by atoms with Crippen LogP contribution in [0, 0.1) is 5.92 Å². The van der Waals surface area contributed by atoms with Gasteiger partial charge >= 0.3 is 5.63 Å². The molecule has 2 fully saturated rings. The molecule has 4 rings (SSSR count). The number of hydrogen-bond donors (Lipinski definition) is 1. The molecule has 0 radical (unpaired) electrons. The second kappa shape index (κ2) is 9.28. The highest BCUT2D eigenvalue weighted by Gasteiger charge is 2.34. The number of fused-ring (bicyclic) bond motifs is 2. The summed E-state index contributed by atoms with van der Waals surface area (Å²) < 4.78 is 10.8. The Morgan fingerprint density at radius 3 is 2.86 bits per heavy atom. The van der Waals surface area contributed by atoms with Crippen LogP contribution in [0.3, 0.4) is 0 Å². The van der Waals surface area contributed by atoms with Crippen LogP contribution in [0.25, 0.3) is 11.0 Å². The molecule has 0 saturated carbocycles. The van der Waals surface area contributed by atoms with Gasteiger partial charge in [0.05, 0.1) is 12.2 Å². The van der Waals surface area contributed by atoms with Gasteiger partial charge in [0.25, 0.3) is 0 Å². The van der Waals surface area contributed by atoms with Crippen LogP contribution in [0.15, 0.2) is 33.5 Å². The van der Waals surface area contributed by atoms with Crippen LogP contribution in [-0.4, -0.2) is 60.8 Å². The summed E-state index contributed by atoms with van der Waals surface area (Å²) in [6.07, 6.45) is 6.44. The van der Waals surface area contributed by atoms with Gasteiger partial charge in [-0.1, -0.05) is 6.42 Å². The Labute approximate surface area is 172 Å². The lowest BCUT2D eigenvalue weighted by Crippen LogP contribution is -2.51. The van der Waals surface area contributed by atoms with Gasteiger partial charge in [0.2, 0.25) is 0 Å². The van der Waals surface area contributed by atoms with Crippen molar-refractivity contribution in [3.05, 3.63) is 40.2 Å². The van der Waals surface area contributed by atoms with Gasteiger partial charge in [-0.25, -0.2) is 4.79 Å². The molecule has 2 aliphatic rings. The standard InChI is InChI=1S/C23H32N2O4/c1-28-14-13-24(15-18-5-4-12-25-11-3-2-6-20(18)25)16-19-21(26)9-7-17-8-10-22(27)29-23(17)19/h7-10,18,20,26H,2-6,11-16H2,1H3. The van der Waals surface area contributed by atoms with Crippen LogP contribution in [0.1, 0.15) is 37.7 Å². The zero-order chi connectivity index (χ0) is 20.2. The van der Waals surface area contributed by atoms with E-state index in [0.717, 1.165) is 18.5 Å². The third-order valence-corrected chi connectivity index (χ3v) is 6.58. The van der Waals surface area contributed by atoms with Crippen LogP contribution in [0.2, 0.25) is 0 Å². The molecule has 3 heterocycles. The van der Waals surface area contributed by atoms with Gasteiger partial charge in [-0.3, -0.25) is 4.90 Å². The quantitative estimate of drug-likeness (QED) is 0.720. The van der Waals surface area contributed by atoms with Crippen molar-refractivity contribution in [2.75, 3.05) is 39.9 Å². The van der Waals surface area contributed by atoms with Gasteiger partial charge in [-0.15, -0.1) is 0 Å². The monoisotopic (exact) mass is 400 g/mol. The van der Waals surface area contributed by atoms with E-state index in [1.54, 1.807) is 25.3 Å². The van der Waals surface area contributed by atoms with E-state index in [-0.39, 0.29) is 5.75 Å². The molecule has 2 atom stereocenters. The molecule has 6 nitrogen and oxygen atoms in total. The Bertz CT molecular complexity index is 879. The van der Waals surface area contributed by atoms with Gasteiger partial charge in [-0.2, -0.15) is 0 Å². The Morgan fingerprint density at radius 1 is 1.17 bits per heavy atom. The van der Waals surface area contributed by atoms with E-state index in [1.165, 1.54) is 51.3 Å². The molecule has 158 valence electrons. The third-order valence-electron chi connectivity index (χ3n) is 6.58. The second-order valence-corrected chi connectivity index (χ2v) is 8.47. The number of piperidine rings is 2. The number of phenols is 1. The Morgan fingerprint density at radius 2 is 2.00 bits per heavy atom. The highest BCUT2D eigenvalue weighted by Crippen LogP contribution is 2.33. The van der Waals surface area contributed by atoms with Crippen LogP contribution in [0.4, 0.5) is 0 Å². The van der Waals surface area contributed by atoms with Crippen molar-refractivity contribution in [1.82, 2.24) is 9.80 Å². The van der Waals surface area contributed by atoms with Crippen molar-refractivity contribution in [2.24, 2.45) is 5.92 Å². The first-order valence-corrected chi connectivity index (χ1v) is 10.9. The maximum Gasteiger partial charge on any atom is 0.336 e. The zero-order valence-electron chi connectivity index (χ0n) is 17.3. The van der Waals surface area contributed by atoms with Crippen molar-refractivity contribution < 1.29 is 14.3 Å². The molecular weight excluding hydrogens is 368 g/mol. The minimum absolute atomic E-state index is 0.178. The molecule has 6 heteroatoms. The van der Waals surface area contributed by atoms with E-state index < -0.39 is 5.63 Å². The number of methoxy groups -OCH3 is 1. The summed E-state index contributed by atoms with van der Waals surface area (Å²) in [5, 5.41) is 11.4. The summed E-state index contributed by atoms with van der Waals surface area (Å²) >= 11 is 0. The smallest absolute Gasteiger partial charge is 0.336 e. The summed E-state index contributed by atoms with van der Waals surface area (Å²) in [7, 11) is 1.72. The van der Waals surface area contributed by atoms with Crippen molar-refractivity contribution >= 4 is 11.0 Å². The number of ether oxygens (including phenoxy) is 1. The van der Waals surface area contributed by atoms with Gasteiger partial charge < -0.3 is 19.2 Å². The average molecular weight is 401 g/mol. The molecule has 0 spiro atoms. The highest BCUT2D eigenvalue weighted by molar-refractivity contribution is 5.81. The number of nitrogens with zero attached hydrogens (tertiary/aromatic N) is 2. The van der Waals surface area contributed by atoms with E-state index in [9.17, 15) is 9.90 Å². The van der Waals surface area contributed by atoms with Gasteiger partial charge in [0.15, 0.2) is 0 Å². The summed E-state index contributed by atoms with van der Waals surface area (Å²) in [6, 6.07) is 7.32. The van der Waals surface area contributed by atoms with Crippen molar-refractivity contribution in [3.8, 4) is 5.75 Å². The molecule has 1 N–H and O–H groups in total. The fraction of sp³-hybridized carbons (Fsp3) is 0.609. The number of aromatic hydroxyl groups is 1. The summed E-state index contributed by atoms with van der Waals surface area (Å²) in [6.45, 7) is 5.40. The SMILES string of the molecule is COCCN(Cc1c(O)ccc2ccc(=O)oc12)CC1CCCN2CCCCC12. The van der Waals surface area contributed by atoms with Gasteiger partial charge in [0, 0.05) is 44.2 Å². The lowest BCUT2D eigenvalue weighted by molar-refractivity contribution is 0.0335. The van der Waals surface area contributed by atoms with Crippen molar-refractivity contribution in [1.29, 1.82) is 0 Å². The molecule has 29 heavy (non-hydrogen) atoms. The first kappa shape index (κ1) is 20.4. The topological polar surface area (TPSA) is 66.2 Å². The molecule has 2 aromatic rings. The predicted molar refractivity (Wildman–Crippen MR) is 113 cm³/mol. The van der Waals surface area contributed by atoms with Crippen LogP contribution >= 0.6 is 0 Å². The Balaban J connectivity index is 1.57. The number of benzene rings is 1. The van der Waals surface area contributed by atoms with Gasteiger partial charge in [-0.05, 0) is 62.9 Å². The molecule has 2 saturated heterocycles. The van der Waals surface area contributed by atoms with Crippen molar-refractivity contribution in [3.63, 3.8) is 0 Å². The fourth-order valence-electron chi connectivity index (χ4n) is 5.13. The summed E-state index contributed by atoms with van der Waals surface area (Å²) in [5.41, 5.74) is 0.786. The first-order valence-electron chi connectivity index (χ1n) is 10.9. The van der Waals surface area contributed by atoms with E-state index in [1.807, 2.05) is 0 Å². The van der Waals surface area contributed by atoms with Crippen LogP contribution in [-0.2, 0) is 11.3 Å². The van der Waals surface area contributed by atoms with Crippen molar-refractivity contribution in [2.45, 2.75) is 44.7 Å². The van der Waals surface area contributed by atoms with Crippen LogP contribution in [0.5, 0.6) is 5.75 Å². The molecule has 2 unspecified atom stereocenters. The lowest BCUT2D eigenvalue weighted by Gasteiger charge is -2.45. The Hall–Kier alpha value is -1.89. The first-order chi connectivity index (χ1) is 14.2.